The monoisotopic (exact) mass is 340 g/mol. The van der Waals surface area contributed by atoms with Gasteiger partial charge in [-0.1, -0.05) is 30.3 Å². The second-order valence-electron chi connectivity index (χ2n) is 5.40. The van der Waals surface area contributed by atoms with Gasteiger partial charge in [0.15, 0.2) is 0 Å². The molecule has 7 heteroatoms. The molecule has 3 amide bonds. The zero-order chi connectivity index (χ0) is 18.0. The number of halogens is 1. The maximum Gasteiger partial charge on any atom is 0.335 e. The highest BCUT2D eigenvalue weighted by molar-refractivity contribution is 6.13. The van der Waals surface area contributed by atoms with Gasteiger partial charge in [-0.15, -0.1) is 0 Å². The van der Waals surface area contributed by atoms with Gasteiger partial charge in [-0.25, -0.2) is 14.0 Å². The van der Waals surface area contributed by atoms with Gasteiger partial charge >= 0.3 is 12.0 Å². The fraction of sp³-hybridized carbons (Fsp3) is 0.0556. The van der Waals surface area contributed by atoms with Crippen molar-refractivity contribution in [2.45, 2.75) is 6.54 Å². The highest BCUT2D eigenvalue weighted by atomic mass is 19.1. The van der Waals surface area contributed by atoms with Gasteiger partial charge in [0.1, 0.15) is 11.5 Å². The van der Waals surface area contributed by atoms with Crippen LogP contribution in [0, 0.1) is 5.82 Å². The molecule has 25 heavy (non-hydrogen) atoms. The lowest BCUT2D eigenvalue weighted by Crippen LogP contribution is -2.30. The van der Waals surface area contributed by atoms with E-state index in [-0.39, 0.29) is 23.4 Å². The lowest BCUT2D eigenvalue weighted by Gasteiger charge is -2.12. The third-order valence-electron chi connectivity index (χ3n) is 3.72. The van der Waals surface area contributed by atoms with Gasteiger partial charge in [-0.2, -0.15) is 0 Å². The Morgan fingerprint density at radius 3 is 2.44 bits per heavy atom. The zero-order valence-electron chi connectivity index (χ0n) is 12.9. The number of rotatable bonds is 4. The molecular formula is C18H13FN2O4. The van der Waals surface area contributed by atoms with Gasteiger partial charge < -0.3 is 10.4 Å². The number of benzene rings is 2. The number of carbonyl (C=O) groups is 3. The predicted octanol–water partition coefficient (Wildman–Crippen LogP) is 2.62. The number of amides is 3. The molecule has 1 heterocycles. The summed E-state index contributed by atoms with van der Waals surface area (Å²) in [5.74, 6) is -2.12. The minimum atomic E-state index is -1.06. The van der Waals surface area contributed by atoms with Crippen LogP contribution in [0.2, 0.25) is 0 Å². The lowest BCUT2D eigenvalue weighted by molar-refractivity contribution is -0.123. The van der Waals surface area contributed by atoms with Gasteiger partial charge in [-0.3, -0.25) is 9.69 Å². The quantitative estimate of drug-likeness (QED) is 0.662. The van der Waals surface area contributed by atoms with Crippen LogP contribution in [0.15, 0.2) is 54.2 Å². The van der Waals surface area contributed by atoms with Crippen molar-refractivity contribution in [3.8, 4) is 0 Å². The standard InChI is InChI=1S/C18H13FN2O4/c19-14-4-2-1-3-13(14)10-21-16(22)15(20-18(21)25)9-11-5-7-12(8-6-11)17(23)24/h1-9H,10H2,(H,20,25)(H,23,24). The number of aromatic carboxylic acids is 1. The van der Waals surface area contributed by atoms with E-state index >= 15 is 0 Å². The number of nitrogens with zero attached hydrogens (tertiary/aromatic N) is 1. The third kappa shape index (κ3) is 3.40. The van der Waals surface area contributed by atoms with Crippen LogP contribution in [-0.4, -0.2) is 27.9 Å². The Morgan fingerprint density at radius 2 is 1.80 bits per heavy atom. The second kappa shape index (κ2) is 6.56. The molecule has 0 aromatic heterocycles. The first-order valence-corrected chi connectivity index (χ1v) is 7.37. The van der Waals surface area contributed by atoms with E-state index in [9.17, 15) is 18.8 Å². The van der Waals surface area contributed by atoms with Gasteiger partial charge in [-0.05, 0) is 29.8 Å². The molecule has 0 bridgehead atoms. The van der Waals surface area contributed by atoms with Gasteiger partial charge in [0.2, 0.25) is 0 Å². The molecule has 2 aromatic rings. The molecule has 1 aliphatic heterocycles. The molecule has 0 unspecified atom stereocenters. The van der Waals surface area contributed by atoms with Crippen LogP contribution in [0.4, 0.5) is 9.18 Å². The number of hydrogen-bond donors (Lipinski definition) is 2. The zero-order valence-corrected chi connectivity index (χ0v) is 12.9. The normalized spacial score (nSPS) is 15.6. The van der Waals surface area contributed by atoms with E-state index < -0.39 is 23.7 Å². The number of imide groups is 1. The van der Waals surface area contributed by atoms with Gasteiger partial charge in [0.05, 0.1) is 12.1 Å². The van der Waals surface area contributed by atoms with Crippen molar-refractivity contribution in [1.29, 1.82) is 0 Å². The van der Waals surface area contributed by atoms with Crippen LogP contribution >= 0.6 is 0 Å². The van der Waals surface area contributed by atoms with Crippen LogP contribution in [0.25, 0.3) is 6.08 Å². The molecule has 3 rings (SSSR count). The first-order chi connectivity index (χ1) is 12.0. The SMILES string of the molecule is O=C(O)c1ccc(C=C2NC(=O)N(Cc3ccccc3F)C2=O)cc1. The number of carboxylic acids is 1. The van der Waals surface area contributed by atoms with Crippen LogP contribution < -0.4 is 5.32 Å². The molecule has 6 nitrogen and oxygen atoms in total. The molecule has 2 N–H and O–H groups in total. The van der Waals surface area contributed by atoms with Crippen LogP contribution in [0.5, 0.6) is 0 Å². The van der Waals surface area contributed by atoms with E-state index in [1.165, 1.54) is 48.5 Å². The predicted molar refractivity (Wildman–Crippen MR) is 86.9 cm³/mol. The summed E-state index contributed by atoms with van der Waals surface area (Å²) in [5, 5.41) is 11.3. The van der Waals surface area contributed by atoms with E-state index in [1.807, 2.05) is 0 Å². The summed E-state index contributed by atoms with van der Waals surface area (Å²) in [5.41, 5.74) is 0.953. The number of urea groups is 1. The Kier molecular flexibility index (Phi) is 4.30. The molecule has 0 spiro atoms. The third-order valence-corrected chi connectivity index (χ3v) is 3.72. The number of nitrogens with one attached hydrogen (secondary N) is 1. The molecular weight excluding hydrogens is 327 g/mol. The molecule has 0 atom stereocenters. The van der Waals surface area contributed by atoms with Crippen LogP contribution in [-0.2, 0) is 11.3 Å². The molecule has 0 saturated carbocycles. The van der Waals surface area contributed by atoms with Crippen LogP contribution in [0.1, 0.15) is 21.5 Å². The van der Waals surface area contributed by atoms with Crippen molar-refractivity contribution in [2.75, 3.05) is 0 Å². The largest absolute Gasteiger partial charge is 0.478 e. The Hall–Kier alpha value is -3.48. The maximum absolute atomic E-state index is 13.7. The molecule has 126 valence electrons. The van der Waals surface area contributed by atoms with E-state index in [0.717, 1.165) is 4.90 Å². The molecule has 1 fully saturated rings. The maximum atomic E-state index is 13.7. The minimum Gasteiger partial charge on any atom is -0.478 e. The summed E-state index contributed by atoms with van der Waals surface area (Å²) < 4.78 is 13.7. The number of carboxylic acid groups (broad SMARTS) is 1. The fourth-order valence-electron chi connectivity index (χ4n) is 2.40. The average molecular weight is 340 g/mol. The first-order valence-electron chi connectivity index (χ1n) is 7.37. The van der Waals surface area contributed by atoms with Gasteiger partial charge in [0, 0.05) is 5.56 Å². The lowest BCUT2D eigenvalue weighted by atomic mass is 10.1. The van der Waals surface area contributed by atoms with Gasteiger partial charge in [0.25, 0.3) is 5.91 Å². The summed E-state index contributed by atoms with van der Waals surface area (Å²) in [6.45, 7) is -0.174. The number of hydrogen-bond acceptors (Lipinski definition) is 3. The Morgan fingerprint density at radius 1 is 1.12 bits per heavy atom. The average Bonchev–Trinajstić information content (AvgIpc) is 2.85. The minimum absolute atomic E-state index is 0.0458. The molecule has 0 radical (unpaired) electrons. The highest BCUT2D eigenvalue weighted by Crippen LogP contribution is 2.18. The van der Waals surface area contributed by atoms with E-state index in [1.54, 1.807) is 6.07 Å². The molecule has 0 aliphatic carbocycles. The molecule has 1 aliphatic rings. The van der Waals surface area contributed by atoms with Crippen molar-refractivity contribution >= 4 is 24.0 Å². The summed E-state index contributed by atoms with van der Waals surface area (Å²) in [6.07, 6.45) is 1.44. The first kappa shape index (κ1) is 16.4. The topological polar surface area (TPSA) is 86.7 Å². The van der Waals surface area contributed by atoms with Crippen molar-refractivity contribution in [3.63, 3.8) is 0 Å². The molecule has 1 saturated heterocycles. The van der Waals surface area contributed by atoms with Crippen molar-refractivity contribution in [2.24, 2.45) is 0 Å². The van der Waals surface area contributed by atoms with E-state index in [0.29, 0.717) is 5.56 Å². The summed E-state index contributed by atoms with van der Waals surface area (Å²) >= 11 is 0. The second-order valence-corrected chi connectivity index (χ2v) is 5.40. The van der Waals surface area contributed by atoms with E-state index in [4.69, 9.17) is 5.11 Å². The van der Waals surface area contributed by atoms with Crippen molar-refractivity contribution in [3.05, 3.63) is 76.7 Å². The van der Waals surface area contributed by atoms with E-state index in [2.05, 4.69) is 5.32 Å². The summed E-state index contributed by atoms with van der Waals surface area (Å²) in [6, 6.07) is 11.1. The smallest absolute Gasteiger partial charge is 0.335 e. The highest BCUT2D eigenvalue weighted by Gasteiger charge is 2.33. The summed E-state index contributed by atoms with van der Waals surface area (Å²) in [7, 11) is 0. The van der Waals surface area contributed by atoms with Crippen LogP contribution in [0.3, 0.4) is 0 Å². The van der Waals surface area contributed by atoms with Crippen molar-refractivity contribution in [1.82, 2.24) is 10.2 Å². The number of carbonyl (C=O) groups excluding carboxylic acids is 2. The Labute approximate surface area is 142 Å². The Balaban J connectivity index is 1.81. The molecule has 2 aromatic carbocycles. The van der Waals surface area contributed by atoms with Crippen molar-refractivity contribution < 1.29 is 23.9 Å². The summed E-state index contributed by atoms with van der Waals surface area (Å²) in [4.78, 5) is 36.1. The Bertz CT molecular complexity index is 890. The fourth-order valence-corrected chi connectivity index (χ4v) is 2.40.